The summed E-state index contributed by atoms with van der Waals surface area (Å²) in [5, 5.41) is 10.5. The Morgan fingerprint density at radius 1 is 0.850 bits per heavy atom. The second-order valence-electron chi connectivity index (χ2n) is 4.52. The highest BCUT2D eigenvalue weighted by Gasteiger charge is 2.00. The van der Waals surface area contributed by atoms with E-state index in [1.165, 1.54) is 5.56 Å². The minimum atomic E-state index is 0.849. The van der Waals surface area contributed by atoms with Crippen LogP contribution in [0.2, 0.25) is 0 Å². The molecule has 1 heterocycles. The van der Waals surface area contributed by atoms with Crippen LogP contribution in [0.3, 0.4) is 0 Å². The van der Waals surface area contributed by atoms with Crippen LogP contribution < -0.4 is 4.74 Å². The van der Waals surface area contributed by atoms with Crippen molar-refractivity contribution >= 4 is 0 Å². The molecule has 0 saturated carbocycles. The molecule has 0 amide bonds. The largest absolute Gasteiger partial charge is 0.457 e. The van der Waals surface area contributed by atoms with Gasteiger partial charge in [-0.05, 0) is 42.7 Å². The van der Waals surface area contributed by atoms with Crippen LogP contribution in [0.15, 0.2) is 60.8 Å². The van der Waals surface area contributed by atoms with Crippen molar-refractivity contribution < 1.29 is 4.74 Å². The Morgan fingerprint density at radius 3 is 2.30 bits per heavy atom. The highest BCUT2D eigenvalue weighted by atomic mass is 16.5. The maximum Gasteiger partial charge on any atom is 0.127 e. The van der Waals surface area contributed by atoms with Crippen LogP contribution in [0, 0.1) is 0 Å². The van der Waals surface area contributed by atoms with Crippen molar-refractivity contribution in [2.75, 3.05) is 0 Å². The maximum atomic E-state index is 5.76. The van der Waals surface area contributed by atoms with Gasteiger partial charge in [0.25, 0.3) is 0 Å². The lowest BCUT2D eigenvalue weighted by atomic mass is 10.1. The highest BCUT2D eigenvalue weighted by molar-refractivity contribution is 5.33. The molecule has 0 fully saturated rings. The SMILES string of the molecule is c1ccc(Oc2ccc(CCc3cn[nH]n3)cc2)cc1. The number of para-hydroxylation sites is 1. The van der Waals surface area contributed by atoms with Crippen molar-refractivity contribution in [3.05, 3.63) is 72.1 Å². The van der Waals surface area contributed by atoms with E-state index < -0.39 is 0 Å². The van der Waals surface area contributed by atoms with E-state index in [0.29, 0.717) is 0 Å². The monoisotopic (exact) mass is 265 g/mol. The number of ether oxygens (including phenoxy) is 1. The molecule has 2 aromatic carbocycles. The molecule has 0 saturated heterocycles. The number of hydrogen-bond acceptors (Lipinski definition) is 3. The van der Waals surface area contributed by atoms with Gasteiger partial charge in [-0.2, -0.15) is 15.4 Å². The maximum absolute atomic E-state index is 5.76. The summed E-state index contributed by atoms with van der Waals surface area (Å²) >= 11 is 0. The highest BCUT2D eigenvalue weighted by Crippen LogP contribution is 2.21. The van der Waals surface area contributed by atoms with Crippen molar-refractivity contribution in [3.8, 4) is 11.5 Å². The van der Waals surface area contributed by atoms with Crippen molar-refractivity contribution in [2.24, 2.45) is 0 Å². The molecule has 4 nitrogen and oxygen atoms in total. The average molecular weight is 265 g/mol. The summed E-state index contributed by atoms with van der Waals surface area (Å²) in [4.78, 5) is 0. The number of aryl methyl sites for hydroxylation is 2. The third-order valence-corrected chi connectivity index (χ3v) is 3.04. The number of hydrogen-bond donors (Lipinski definition) is 1. The summed E-state index contributed by atoms with van der Waals surface area (Å²) in [6.07, 6.45) is 3.58. The van der Waals surface area contributed by atoms with Crippen molar-refractivity contribution in [2.45, 2.75) is 12.8 Å². The molecule has 0 aliphatic carbocycles. The van der Waals surface area contributed by atoms with Crippen LogP contribution in [-0.2, 0) is 12.8 Å². The molecular weight excluding hydrogens is 250 g/mol. The fourth-order valence-electron chi connectivity index (χ4n) is 1.97. The van der Waals surface area contributed by atoms with Gasteiger partial charge >= 0.3 is 0 Å². The summed E-state index contributed by atoms with van der Waals surface area (Å²) < 4.78 is 5.76. The lowest BCUT2D eigenvalue weighted by Gasteiger charge is -2.06. The zero-order chi connectivity index (χ0) is 13.6. The number of aromatic amines is 1. The van der Waals surface area contributed by atoms with E-state index in [2.05, 4.69) is 27.5 Å². The van der Waals surface area contributed by atoms with Crippen LogP contribution in [0.4, 0.5) is 0 Å². The number of H-pyrrole nitrogens is 1. The van der Waals surface area contributed by atoms with Crippen LogP contribution >= 0.6 is 0 Å². The first-order valence-electron chi connectivity index (χ1n) is 6.57. The fourth-order valence-corrected chi connectivity index (χ4v) is 1.97. The number of benzene rings is 2. The van der Waals surface area contributed by atoms with Crippen molar-refractivity contribution in [1.29, 1.82) is 0 Å². The Morgan fingerprint density at radius 2 is 1.60 bits per heavy atom. The van der Waals surface area contributed by atoms with Gasteiger partial charge in [-0.3, -0.25) is 0 Å². The molecule has 4 heteroatoms. The normalized spacial score (nSPS) is 10.4. The standard InChI is InChI=1S/C16H15N3O/c1-2-4-15(5-3-1)20-16-10-7-13(8-11-16)6-9-14-12-17-19-18-14/h1-5,7-8,10-12H,6,9H2,(H,17,18,19). The van der Waals surface area contributed by atoms with E-state index in [1.54, 1.807) is 6.20 Å². The summed E-state index contributed by atoms with van der Waals surface area (Å²) in [6, 6.07) is 17.9. The van der Waals surface area contributed by atoms with Crippen LogP contribution in [-0.4, -0.2) is 15.4 Å². The Labute approximate surface area is 117 Å². The Bertz CT molecular complexity index is 633. The topological polar surface area (TPSA) is 50.8 Å². The molecule has 3 rings (SSSR count). The van der Waals surface area contributed by atoms with E-state index in [4.69, 9.17) is 4.74 Å². The van der Waals surface area contributed by atoms with Gasteiger partial charge in [0.05, 0.1) is 11.9 Å². The van der Waals surface area contributed by atoms with Crippen LogP contribution in [0.25, 0.3) is 0 Å². The van der Waals surface area contributed by atoms with E-state index in [-0.39, 0.29) is 0 Å². The smallest absolute Gasteiger partial charge is 0.127 e. The van der Waals surface area contributed by atoms with Gasteiger partial charge in [-0.1, -0.05) is 30.3 Å². The number of nitrogens with one attached hydrogen (secondary N) is 1. The summed E-state index contributed by atoms with van der Waals surface area (Å²) in [6.45, 7) is 0. The first-order chi connectivity index (χ1) is 9.90. The molecule has 0 unspecified atom stereocenters. The summed E-state index contributed by atoms with van der Waals surface area (Å²) in [7, 11) is 0. The third kappa shape index (κ3) is 3.23. The molecule has 20 heavy (non-hydrogen) atoms. The molecule has 0 atom stereocenters. The quantitative estimate of drug-likeness (QED) is 0.769. The van der Waals surface area contributed by atoms with Gasteiger partial charge in [0.1, 0.15) is 11.5 Å². The van der Waals surface area contributed by atoms with Crippen molar-refractivity contribution in [3.63, 3.8) is 0 Å². The minimum absolute atomic E-state index is 0.849. The first-order valence-corrected chi connectivity index (χ1v) is 6.57. The lowest BCUT2D eigenvalue weighted by molar-refractivity contribution is 0.482. The van der Waals surface area contributed by atoms with E-state index in [0.717, 1.165) is 30.0 Å². The zero-order valence-electron chi connectivity index (χ0n) is 11.0. The van der Waals surface area contributed by atoms with E-state index in [1.807, 2.05) is 42.5 Å². The van der Waals surface area contributed by atoms with Gasteiger partial charge in [0.15, 0.2) is 0 Å². The summed E-state index contributed by atoms with van der Waals surface area (Å²) in [5.41, 5.74) is 2.24. The molecule has 0 aliphatic rings. The Balaban J connectivity index is 1.60. The summed E-state index contributed by atoms with van der Waals surface area (Å²) in [5.74, 6) is 1.70. The number of nitrogens with zero attached hydrogens (tertiary/aromatic N) is 2. The Kier molecular flexibility index (Phi) is 3.73. The first kappa shape index (κ1) is 12.4. The molecule has 0 bridgehead atoms. The Hall–Kier alpha value is -2.62. The zero-order valence-corrected chi connectivity index (χ0v) is 11.0. The molecule has 0 spiro atoms. The lowest BCUT2D eigenvalue weighted by Crippen LogP contribution is -1.92. The predicted molar refractivity (Wildman–Crippen MR) is 76.7 cm³/mol. The second kappa shape index (κ2) is 6.02. The molecule has 0 radical (unpaired) electrons. The van der Waals surface area contributed by atoms with Gasteiger partial charge in [-0.25, -0.2) is 0 Å². The van der Waals surface area contributed by atoms with Gasteiger partial charge in [0, 0.05) is 0 Å². The van der Waals surface area contributed by atoms with Gasteiger partial charge in [0.2, 0.25) is 0 Å². The van der Waals surface area contributed by atoms with Crippen LogP contribution in [0.1, 0.15) is 11.3 Å². The van der Waals surface area contributed by atoms with Crippen LogP contribution in [0.5, 0.6) is 11.5 Å². The molecule has 0 aliphatic heterocycles. The number of aromatic nitrogens is 3. The van der Waals surface area contributed by atoms with Crippen molar-refractivity contribution in [1.82, 2.24) is 15.4 Å². The molecule has 100 valence electrons. The molecule has 3 aromatic rings. The van der Waals surface area contributed by atoms with E-state index >= 15 is 0 Å². The average Bonchev–Trinajstić information content (AvgIpc) is 3.01. The fraction of sp³-hybridized carbons (Fsp3) is 0.125. The van der Waals surface area contributed by atoms with Gasteiger partial charge < -0.3 is 4.74 Å². The predicted octanol–water partition coefficient (Wildman–Crippen LogP) is 3.38. The molecule has 1 N–H and O–H groups in total. The van der Waals surface area contributed by atoms with E-state index in [9.17, 15) is 0 Å². The molecular formula is C16H15N3O. The number of rotatable bonds is 5. The molecule has 1 aromatic heterocycles. The third-order valence-electron chi connectivity index (χ3n) is 3.04. The second-order valence-corrected chi connectivity index (χ2v) is 4.52. The minimum Gasteiger partial charge on any atom is -0.457 e. The van der Waals surface area contributed by atoms with Gasteiger partial charge in [-0.15, -0.1) is 0 Å².